The van der Waals surface area contributed by atoms with E-state index in [1.807, 2.05) is 28.9 Å². The van der Waals surface area contributed by atoms with Crippen molar-refractivity contribution in [2.75, 3.05) is 19.0 Å². The molecule has 0 bridgehead atoms. The first-order chi connectivity index (χ1) is 10.8. The molecule has 0 aliphatic carbocycles. The predicted molar refractivity (Wildman–Crippen MR) is 87.2 cm³/mol. The SMILES string of the molecule is Brc1cccc(OCCSc2nnnn2CC2CCCO2)c1. The van der Waals surface area contributed by atoms with Crippen LogP contribution in [0.2, 0.25) is 0 Å². The molecule has 0 amide bonds. The van der Waals surface area contributed by atoms with Gasteiger partial charge in [0, 0.05) is 16.8 Å². The van der Waals surface area contributed by atoms with Crippen LogP contribution in [0.15, 0.2) is 33.9 Å². The minimum atomic E-state index is 0.237. The van der Waals surface area contributed by atoms with E-state index in [-0.39, 0.29) is 6.10 Å². The van der Waals surface area contributed by atoms with Crippen molar-refractivity contribution in [2.24, 2.45) is 0 Å². The molecule has 1 aromatic heterocycles. The largest absolute Gasteiger partial charge is 0.493 e. The molecule has 2 aromatic rings. The second-order valence-corrected chi connectivity index (χ2v) is 6.91. The zero-order valence-corrected chi connectivity index (χ0v) is 14.4. The van der Waals surface area contributed by atoms with Crippen molar-refractivity contribution in [1.82, 2.24) is 20.2 Å². The highest BCUT2D eigenvalue weighted by Crippen LogP contribution is 2.20. The Balaban J connectivity index is 1.44. The summed E-state index contributed by atoms with van der Waals surface area (Å²) in [5.74, 6) is 1.65. The number of nitrogens with zero attached hydrogens (tertiary/aromatic N) is 4. The fourth-order valence-electron chi connectivity index (χ4n) is 2.24. The van der Waals surface area contributed by atoms with Crippen LogP contribution in [0.1, 0.15) is 12.8 Å². The average Bonchev–Trinajstić information content (AvgIpc) is 3.16. The van der Waals surface area contributed by atoms with E-state index in [0.717, 1.165) is 47.1 Å². The molecule has 6 nitrogen and oxygen atoms in total. The minimum Gasteiger partial charge on any atom is -0.493 e. The summed E-state index contributed by atoms with van der Waals surface area (Å²) < 4.78 is 14.2. The molecule has 8 heteroatoms. The summed E-state index contributed by atoms with van der Waals surface area (Å²) in [6, 6.07) is 7.82. The number of aromatic nitrogens is 4. The van der Waals surface area contributed by atoms with Gasteiger partial charge in [0.2, 0.25) is 5.16 Å². The molecule has 3 rings (SSSR count). The molecule has 2 heterocycles. The van der Waals surface area contributed by atoms with Crippen molar-refractivity contribution < 1.29 is 9.47 Å². The zero-order chi connectivity index (χ0) is 15.2. The van der Waals surface area contributed by atoms with Gasteiger partial charge in [-0.1, -0.05) is 33.8 Å². The number of hydrogen-bond acceptors (Lipinski definition) is 6. The van der Waals surface area contributed by atoms with Crippen LogP contribution >= 0.6 is 27.7 Å². The fourth-order valence-corrected chi connectivity index (χ4v) is 3.33. The van der Waals surface area contributed by atoms with E-state index in [1.165, 1.54) is 0 Å². The van der Waals surface area contributed by atoms with Crippen LogP contribution in [0.25, 0.3) is 0 Å². The van der Waals surface area contributed by atoms with Gasteiger partial charge in [0.25, 0.3) is 0 Å². The fraction of sp³-hybridized carbons (Fsp3) is 0.500. The van der Waals surface area contributed by atoms with Crippen LogP contribution in [0.4, 0.5) is 0 Å². The van der Waals surface area contributed by atoms with Crippen molar-refractivity contribution in [1.29, 1.82) is 0 Å². The Morgan fingerprint density at radius 2 is 2.41 bits per heavy atom. The smallest absolute Gasteiger partial charge is 0.209 e. The van der Waals surface area contributed by atoms with E-state index in [9.17, 15) is 0 Å². The van der Waals surface area contributed by atoms with E-state index in [2.05, 4.69) is 31.5 Å². The molecule has 118 valence electrons. The first-order valence-electron chi connectivity index (χ1n) is 7.20. The molecule has 1 unspecified atom stereocenters. The molecule has 1 fully saturated rings. The van der Waals surface area contributed by atoms with Crippen LogP contribution in [-0.2, 0) is 11.3 Å². The van der Waals surface area contributed by atoms with Crippen molar-refractivity contribution in [3.8, 4) is 5.75 Å². The van der Waals surface area contributed by atoms with Crippen LogP contribution in [0, 0.1) is 0 Å². The van der Waals surface area contributed by atoms with Gasteiger partial charge in [-0.2, -0.15) is 0 Å². The van der Waals surface area contributed by atoms with Gasteiger partial charge in [-0.15, -0.1) is 5.10 Å². The lowest BCUT2D eigenvalue weighted by molar-refractivity contribution is 0.0912. The van der Waals surface area contributed by atoms with E-state index < -0.39 is 0 Å². The summed E-state index contributed by atoms with van der Waals surface area (Å²) in [6.07, 6.45) is 2.44. The Labute approximate surface area is 141 Å². The number of ether oxygens (including phenoxy) is 2. The van der Waals surface area contributed by atoms with Gasteiger partial charge in [0.05, 0.1) is 19.3 Å². The maximum Gasteiger partial charge on any atom is 0.209 e. The summed E-state index contributed by atoms with van der Waals surface area (Å²) in [6.45, 7) is 2.17. The molecule has 0 radical (unpaired) electrons. The summed E-state index contributed by atoms with van der Waals surface area (Å²) >= 11 is 5.02. The molecule has 1 aliphatic rings. The van der Waals surface area contributed by atoms with Crippen LogP contribution in [-0.4, -0.2) is 45.3 Å². The quantitative estimate of drug-likeness (QED) is 0.540. The summed E-state index contributed by atoms with van der Waals surface area (Å²) in [5, 5.41) is 12.7. The van der Waals surface area contributed by atoms with Crippen LogP contribution < -0.4 is 4.74 Å². The van der Waals surface area contributed by atoms with Gasteiger partial charge < -0.3 is 9.47 Å². The van der Waals surface area contributed by atoms with Gasteiger partial charge in [-0.25, -0.2) is 4.68 Å². The Kier molecular flexibility index (Phi) is 5.69. The number of thioether (sulfide) groups is 1. The van der Waals surface area contributed by atoms with E-state index in [0.29, 0.717) is 6.61 Å². The standard InChI is InChI=1S/C14H17BrN4O2S/c15-11-3-1-4-12(9-11)21-7-8-22-14-16-17-18-19(14)10-13-5-2-6-20-13/h1,3-4,9,13H,2,5-8,10H2. The highest BCUT2D eigenvalue weighted by molar-refractivity contribution is 9.10. The molecule has 22 heavy (non-hydrogen) atoms. The Bertz CT molecular complexity index is 604. The summed E-state index contributed by atoms with van der Waals surface area (Å²) in [7, 11) is 0. The van der Waals surface area contributed by atoms with E-state index in [1.54, 1.807) is 11.8 Å². The zero-order valence-electron chi connectivity index (χ0n) is 12.0. The number of rotatable bonds is 7. The third-order valence-electron chi connectivity index (χ3n) is 3.28. The van der Waals surface area contributed by atoms with Crippen molar-refractivity contribution in [3.05, 3.63) is 28.7 Å². The molecule has 1 aliphatic heterocycles. The monoisotopic (exact) mass is 384 g/mol. The Morgan fingerprint density at radius 1 is 1.45 bits per heavy atom. The van der Waals surface area contributed by atoms with Crippen LogP contribution in [0.3, 0.4) is 0 Å². The molecule has 1 aromatic carbocycles. The lowest BCUT2D eigenvalue weighted by Crippen LogP contribution is -2.17. The van der Waals surface area contributed by atoms with Gasteiger partial charge in [0.15, 0.2) is 0 Å². The number of hydrogen-bond donors (Lipinski definition) is 0. The second-order valence-electron chi connectivity index (χ2n) is 4.93. The van der Waals surface area contributed by atoms with E-state index >= 15 is 0 Å². The second kappa shape index (κ2) is 7.94. The van der Waals surface area contributed by atoms with Crippen molar-refractivity contribution in [2.45, 2.75) is 30.6 Å². The molecule has 1 saturated heterocycles. The maximum absolute atomic E-state index is 5.71. The summed E-state index contributed by atoms with van der Waals surface area (Å²) in [4.78, 5) is 0. The normalized spacial score (nSPS) is 17.8. The van der Waals surface area contributed by atoms with Gasteiger partial charge in [-0.05, 0) is 41.5 Å². The van der Waals surface area contributed by atoms with Gasteiger partial charge >= 0.3 is 0 Å². The topological polar surface area (TPSA) is 62.1 Å². The average molecular weight is 385 g/mol. The summed E-state index contributed by atoms with van der Waals surface area (Å²) in [5.41, 5.74) is 0. The molecular formula is C14H17BrN4O2S. The lowest BCUT2D eigenvalue weighted by atomic mass is 10.2. The number of halogens is 1. The Morgan fingerprint density at radius 3 is 3.23 bits per heavy atom. The van der Waals surface area contributed by atoms with Crippen molar-refractivity contribution >= 4 is 27.7 Å². The first-order valence-corrected chi connectivity index (χ1v) is 8.98. The van der Waals surface area contributed by atoms with Gasteiger partial charge in [0.1, 0.15) is 5.75 Å². The third-order valence-corrected chi connectivity index (χ3v) is 4.69. The third kappa shape index (κ3) is 4.44. The molecule has 0 spiro atoms. The number of benzene rings is 1. The van der Waals surface area contributed by atoms with Gasteiger partial charge in [-0.3, -0.25) is 0 Å². The molecular weight excluding hydrogens is 368 g/mol. The first kappa shape index (κ1) is 15.8. The van der Waals surface area contributed by atoms with Crippen LogP contribution in [0.5, 0.6) is 5.75 Å². The number of tetrazole rings is 1. The van der Waals surface area contributed by atoms with E-state index in [4.69, 9.17) is 9.47 Å². The molecule has 0 saturated carbocycles. The molecule has 1 atom stereocenters. The highest BCUT2D eigenvalue weighted by Gasteiger charge is 2.18. The minimum absolute atomic E-state index is 0.237. The highest BCUT2D eigenvalue weighted by atomic mass is 79.9. The molecule has 0 N–H and O–H groups in total. The lowest BCUT2D eigenvalue weighted by Gasteiger charge is -2.10. The predicted octanol–water partition coefficient (Wildman–Crippen LogP) is 2.79. The van der Waals surface area contributed by atoms with Crippen molar-refractivity contribution in [3.63, 3.8) is 0 Å². The maximum atomic E-state index is 5.71. The Hall–Kier alpha value is -1.12.